The predicted octanol–water partition coefficient (Wildman–Crippen LogP) is 1.70. The van der Waals surface area contributed by atoms with Crippen molar-refractivity contribution in [3.05, 3.63) is 29.8 Å². The third-order valence-electron chi connectivity index (χ3n) is 7.81. The smallest absolute Gasteiger partial charge is 0.246 e. The fraction of sp³-hybridized carbons (Fsp3) is 0.679. The number of nitrogens with one attached hydrogen (secondary N) is 1. The predicted molar refractivity (Wildman–Crippen MR) is 140 cm³/mol. The quantitative estimate of drug-likeness (QED) is 0.326. The van der Waals surface area contributed by atoms with Crippen molar-refractivity contribution in [2.75, 3.05) is 54.0 Å². The van der Waals surface area contributed by atoms with Crippen LogP contribution in [0.2, 0.25) is 0 Å². The lowest BCUT2D eigenvalue weighted by Crippen LogP contribution is -2.60. The molecule has 0 spiro atoms. The molecule has 0 aliphatic carbocycles. The van der Waals surface area contributed by atoms with Crippen LogP contribution < -0.4 is 10.1 Å². The molecule has 9 nitrogen and oxygen atoms in total. The first-order chi connectivity index (χ1) is 17.7. The fourth-order valence-electron chi connectivity index (χ4n) is 6.03. The number of fused-ring (bicyclic) bond motifs is 2. The number of nitrogens with zero attached hydrogens (tertiary/aromatic N) is 3. The first-order valence-electron chi connectivity index (χ1n) is 13.8. The van der Waals surface area contributed by atoms with Crippen molar-refractivity contribution >= 4 is 17.7 Å². The molecule has 1 aromatic carbocycles. The summed E-state index contributed by atoms with van der Waals surface area (Å²) in [4.78, 5) is 43.9. The summed E-state index contributed by atoms with van der Waals surface area (Å²) in [5, 5.41) is 12.2. The number of quaternary nitrogens is 1. The Labute approximate surface area is 220 Å². The van der Waals surface area contributed by atoms with E-state index >= 15 is 0 Å². The summed E-state index contributed by atoms with van der Waals surface area (Å²) in [6, 6.07) is 5.79. The first-order valence-corrected chi connectivity index (χ1v) is 13.8. The molecule has 1 aromatic rings. The Bertz CT molecular complexity index is 978. The van der Waals surface area contributed by atoms with E-state index in [9.17, 15) is 14.4 Å². The molecule has 2 N–H and O–H groups in total. The van der Waals surface area contributed by atoms with E-state index in [1.807, 2.05) is 18.2 Å². The Morgan fingerprint density at radius 2 is 1.89 bits per heavy atom. The molecule has 3 aliphatic heterocycles. The maximum Gasteiger partial charge on any atom is 0.246 e. The van der Waals surface area contributed by atoms with E-state index in [1.165, 1.54) is 0 Å². The molecule has 3 amide bonds. The molecule has 0 bridgehead atoms. The van der Waals surface area contributed by atoms with E-state index in [0.29, 0.717) is 31.7 Å². The molecule has 0 unspecified atom stereocenters. The minimum absolute atomic E-state index is 0.0349. The number of aliphatic hydroxyl groups is 1. The molecule has 3 aliphatic rings. The minimum atomic E-state index is -0.611. The summed E-state index contributed by atoms with van der Waals surface area (Å²) in [6.07, 6.45) is 6.09. The standard InChI is InChI=1S/C28H42N4O5/c1-32(2,3)15-7-5-4-6-13-29-26(34)22-19-24-27(35)30-14-9-12-23(30)28(36)31(24)25(22)20-10-8-11-21(18-20)37-17-16-33/h8,10-11,18,22-25,33H,4-7,9,12-17,19H2,1-3H3/p+1/t22-,23-,24-,25-/m0/s1. The highest BCUT2D eigenvalue weighted by molar-refractivity contribution is 5.99. The number of carbonyl (C=O) groups excluding carboxylic acids is 3. The second-order valence-corrected chi connectivity index (χ2v) is 11.6. The largest absolute Gasteiger partial charge is 0.491 e. The molecule has 0 aromatic heterocycles. The van der Waals surface area contributed by atoms with E-state index in [-0.39, 0.29) is 30.9 Å². The van der Waals surface area contributed by atoms with Gasteiger partial charge in [-0.15, -0.1) is 0 Å². The van der Waals surface area contributed by atoms with Crippen molar-refractivity contribution in [2.45, 2.75) is 63.1 Å². The fourth-order valence-corrected chi connectivity index (χ4v) is 6.03. The lowest BCUT2D eigenvalue weighted by molar-refractivity contribution is -0.870. The van der Waals surface area contributed by atoms with E-state index in [0.717, 1.165) is 48.7 Å². The number of rotatable bonds is 12. The van der Waals surface area contributed by atoms with Crippen molar-refractivity contribution in [1.82, 2.24) is 15.1 Å². The molecular weight excluding hydrogens is 472 g/mol. The van der Waals surface area contributed by atoms with Gasteiger partial charge in [-0.1, -0.05) is 18.6 Å². The zero-order valence-electron chi connectivity index (χ0n) is 22.5. The summed E-state index contributed by atoms with van der Waals surface area (Å²) in [7, 11) is 6.58. The van der Waals surface area contributed by atoms with E-state index in [2.05, 4.69) is 26.5 Å². The molecule has 3 heterocycles. The van der Waals surface area contributed by atoms with Gasteiger partial charge in [-0.05, 0) is 56.2 Å². The van der Waals surface area contributed by atoms with Crippen LogP contribution in [0.25, 0.3) is 0 Å². The maximum atomic E-state index is 13.6. The van der Waals surface area contributed by atoms with Crippen LogP contribution in [0.1, 0.15) is 56.6 Å². The SMILES string of the molecule is C[N+](C)(C)CCCCCCNC(=O)[C@H]1C[C@H]2C(=O)N3CCC[C@H]3C(=O)N2[C@H]1c1cccc(OCCO)c1. The second-order valence-electron chi connectivity index (χ2n) is 11.6. The van der Waals surface area contributed by atoms with E-state index in [4.69, 9.17) is 9.84 Å². The normalized spacial score (nSPS) is 25.3. The van der Waals surface area contributed by atoms with Crippen LogP contribution in [0.5, 0.6) is 5.75 Å². The van der Waals surface area contributed by atoms with Crippen molar-refractivity contribution < 1.29 is 28.7 Å². The first kappa shape index (κ1) is 27.4. The van der Waals surface area contributed by atoms with Crippen molar-refractivity contribution in [2.24, 2.45) is 5.92 Å². The van der Waals surface area contributed by atoms with Gasteiger partial charge in [-0.3, -0.25) is 14.4 Å². The van der Waals surface area contributed by atoms with Gasteiger partial charge in [-0.25, -0.2) is 0 Å². The van der Waals surface area contributed by atoms with Crippen LogP contribution in [-0.4, -0.2) is 103 Å². The summed E-state index contributed by atoms with van der Waals surface area (Å²) in [5.41, 5.74) is 0.783. The zero-order valence-corrected chi connectivity index (χ0v) is 22.5. The van der Waals surface area contributed by atoms with Crippen LogP contribution in [0.3, 0.4) is 0 Å². The molecule has 37 heavy (non-hydrogen) atoms. The molecule has 9 heteroatoms. The van der Waals surface area contributed by atoms with Gasteiger partial charge >= 0.3 is 0 Å². The number of hydrogen-bond donors (Lipinski definition) is 2. The van der Waals surface area contributed by atoms with Crippen LogP contribution in [-0.2, 0) is 14.4 Å². The lowest BCUT2D eigenvalue weighted by Gasteiger charge is -2.41. The number of benzene rings is 1. The third-order valence-corrected chi connectivity index (χ3v) is 7.81. The summed E-state index contributed by atoms with van der Waals surface area (Å²) in [6.45, 7) is 2.39. The number of ether oxygens (including phenoxy) is 1. The lowest BCUT2D eigenvalue weighted by atomic mass is 9.92. The van der Waals surface area contributed by atoms with Crippen molar-refractivity contribution in [1.29, 1.82) is 0 Å². The Morgan fingerprint density at radius 1 is 1.11 bits per heavy atom. The molecule has 4 rings (SSSR count). The Balaban J connectivity index is 1.47. The Hall–Kier alpha value is -2.65. The molecule has 4 atom stereocenters. The number of unbranched alkanes of at least 4 members (excludes halogenated alkanes) is 3. The van der Waals surface area contributed by atoms with Crippen LogP contribution in [0, 0.1) is 5.92 Å². The van der Waals surface area contributed by atoms with Crippen LogP contribution in [0.4, 0.5) is 0 Å². The highest BCUT2D eigenvalue weighted by atomic mass is 16.5. The average molecular weight is 516 g/mol. The van der Waals surface area contributed by atoms with Gasteiger partial charge in [0.25, 0.3) is 0 Å². The highest BCUT2D eigenvalue weighted by Crippen LogP contribution is 2.46. The topological polar surface area (TPSA) is 99.2 Å². The molecule has 3 fully saturated rings. The molecule has 204 valence electrons. The maximum absolute atomic E-state index is 13.6. The summed E-state index contributed by atoms with van der Waals surface area (Å²) >= 11 is 0. The number of amides is 3. The van der Waals surface area contributed by atoms with E-state index in [1.54, 1.807) is 15.9 Å². The van der Waals surface area contributed by atoms with Gasteiger partial charge in [0.2, 0.25) is 17.7 Å². The average Bonchev–Trinajstić information content (AvgIpc) is 3.51. The number of carbonyl (C=O) groups is 3. The third kappa shape index (κ3) is 6.26. The zero-order chi connectivity index (χ0) is 26.6. The van der Waals surface area contributed by atoms with Gasteiger partial charge in [0.05, 0.1) is 46.3 Å². The highest BCUT2D eigenvalue weighted by Gasteiger charge is 2.57. The molecule has 0 radical (unpaired) electrons. The van der Waals surface area contributed by atoms with E-state index < -0.39 is 24.0 Å². The van der Waals surface area contributed by atoms with Gasteiger partial charge in [-0.2, -0.15) is 0 Å². The van der Waals surface area contributed by atoms with Crippen molar-refractivity contribution in [3.63, 3.8) is 0 Å². The van der Waals surface area contributed by atoms with Crippen molar-refractivity contribution in [3.8, 4) is 5.75 Å². The van der Waals surface area contributed by atoms with Gasteiger partial charge in [0.15, 0.2) is 0 Å². The Kier molecular flexibility index (Phi) is 8.75. The minimum Gasteiger partial charge on any atom is -0.491 e. The van der Waals surface area contributed by atoms with Gasteiger partial charge in [0.1, 0.15) is 24.4 Å². The number of hydrogen-bond acceptors (Lipinski definition) is 5. The van der Waals surface area contributed by atoms with Gasteiger partial charge < -0.3 is 29.4 Å². The molecule has 0 saturated carbocycles. The van der Waals surface area contributed by atoms with Crippen LogP contribution in [0.15, 0.2) is 24.3 Å². The number of piperazine rings is 1. The van der Waals surface area contributed by atoms with Gasteiger partial charge in [0, 0.05) is 13.1 Å². The number of aliphatic hydroxyl groups excluding tert-OH is 1. The Morgan fingerprint density at radius 3 is 2.65 bits per heavy atom. The summed E-state index contributed by atoms with van der Waals surface area (Å²) < 4.78 is 6.56. The second kappa shape index (κ2) is 11.8. The summed E-state index contributed by atoms with van der Waals surface area (Å²) in [5.74, 6) is -0.132. The monoisotopic (exact) mass is 515 g/mol. The van der Waals surface area contributed by atoms with Crippen LogP contribution >= 0.6 is 0 Å². The molecular formula is C28H43N4O5+. The molecule has 3 saturated heterocycles.